The summed E-state index contributed by atoms with van der Waals surface area (Å²) >= 11 is 5.92. The van der Waals surface area contributed by atoms with Gasteiger partial charge in [0.05, 0.1) is 10.7 Å². The second-order valence-corrected chi connectivity index (χ2v) is 5.68. The van der Waals surface area contributed by atoms with Gasteiger partial charge in [-0.05, 0) is 43.2 Å². The molecule has 6 heteroatoms. The van der Waals surface area contributed by atoms with E-state index >= 15 is 0 Å². The Kier molecular flexibility index (Phi) is 5.46. The van der Waals surface area contributed by atoms with E-state index < -0.39 is 5.91 Å². The molecule has 2 rings (SSSR count). The molecule has 0 heterocycles. The number of aryl methyl sites for hydroxylation is 2. The van der Waals surface area contributed by atoms with Crippen molar-refractivity contribution in [2.45, 2.75) is 13.8 Å². The van der Waals surface area contributed by atoms with Crippen LogP contribution in [-0.2, 0) is 4.79 Å². The van der Waals surface area contributed by atoms with E-state index in [0.717, 1.165) is 16.8 Å². The van der Waals surface area contributed by atoms with Crippen molar-refractivity contribution < 1.29 is 4.79 Å². The van der Waals surface area contributed by atoms with E-state index in [9.17, 15) is 10.1 Å². The van der Waals surface area contributed by atoms with Crippen LogP contribution >= 0.6 is 11.6 Å². The summed E-state index contributed by atoms with van der Waals surface area (Å²) in [7, 11) is 0. The maximum Gasteiger partial charge on any atom is 0.267 e. The van der Waals surface area contributed by atoms with Crippen LogP contribution in [0.5, 0.6) is 0 Å². The zero-order valence-electron chi connectivity index (χ0n) is 13.4. The van der Waals surface area contributed by atoms with Gasteiger partial charge in [0.1, 0.15) is 11.6 Å². The summed E-state index contributed by atoms with van der Waals surface area (Å²) in [5.41, 5.74) is 9.38. The van der Waals surface area contributed by atoms with Gasteiger partial charge in [-0.25, -0.2) is 0 Å². The molecular weight excluding hydrogens is 324 g/mol. The van der Waals surface area contributed by atoms with Crippen LogP contribution in [0.2, 0.25) is 5.02 Å². The normalized spacial score (nSPS) is 10.8. The lowest BCUT2D eigenvalue weighted by atomic mass is 10.1. The molecule has 5 nitrogen and oxygen atoms in total. The Morgan fingerprint density at radius 2 is 1.92 bits per heavy atom. The van der Waals surface area contributed by atoms with Gasteiger partial charge in [-0.2, -0.15) is 5.26 Å². The van der Waals surface area contributed by atoms with E-state index in [-0.39, 0.29) is 5.57 Å². The number of rotatable bonds is 4. The van der Waals surface area contributed by atoms with Crippen molar-refractivity contribution in [1.29, 1.82) is 5.26 Å². The van der Waals surface area contributed by atoms with Crippen molar-refractivity contribution in [1.82, 2.24) is 0 Å². The summed E-state index contributed by atoms with van der Waals surface area (Å²) in [6.45, 7) is 3.90. The monoisotopic (exact) mass is 340 g/mol. The highest BCUT2D eigenvalue weighted by atomic mass is 35.5. The van der Waals surface area contributed by atoms with Crippen molar-refractivity contribution in [3.63, 3.8) is 0 Å². The number of carbonyl (C=O) groups excluding carboxylic acids is 1. The molecule has 0 saturated carbocycles. The summed E-state index contributed by atoms with van der Waals surface area (Å²) < 4.78 is 0. The maximum absolute atomic E-state index is 12.2. The third-order valence-electron chi connectivity index (χ3n) is 3.47. The fourth-order valence-corrected chi connectivity index (χ4v) is 2.32. The molecule has 0 aliphatic heterocycles. The average Bonchev–Trinajstić information content (AvgIpc) is 2.54. The first-order valence-corrected chi connectivity index (χ1v) is 7.59. The highest BCUT2D eigenvalue weighted by molar-refractivity contribution is 6.33. The second-order valence-electron chi connectivity index (χ2n) is 5.27. The largest absolute Gasteiger partial charge is 0.398 e. The van der Waals surface area contributed by atoms with E-state index in [2.05, 4.69) is 10.6 Å². The van der Waals surface area contributed by atoms with Crippen LogP contribution in [0.15, 0.2) is 48.2 Å². The number of hydrogen-bond acceptors (Lipinski definition) is 4. The predicted octanol–water partition coefficient (Wildman–Crippen LogP) is 4.00. The second kappa shape index (κ2) is 7.53. The number of hydrogen-bond donors (Lipinski definition) is 3. The molecule has 4 N–H and O–H groups in total. The molecule has 122 valence electrons. The summed E-state index contributed by atoms with van der Waals surface area (Å²) in [6.07, 6.45) is 1.39. The molecule has 0 aliphatic carbocycles. The molecule has 0 saturated heterocycles. The van der Waals surface area contributed by atoms with Gasteiger partial charge in [-0.3, -0.25) is 4.79 Å². The van der Waals surface area contributed by atoms with E-state index in [1.54, 1.807) is 12.1 Å². The van der Waals surface area contributed by atoms with Gasteiger partial charge in [0.25, 0.3) is 5.91 Å². The van der Waals surface area contributed by atoms with Gasteiger partial charge in [0, 0.05) is 17.6 Å². The molecule has 2 aromatic carbocycles. The van der Waals surface area contributed by atoms with Gasteiger partial charge in [-0.15, -0.1) is 0 Å². The highest BCUT2D eigenvalue weighted by Gasteiger charge is 2.11. The van der Waals surface area contributed by atoms with E-state index in [0.29, 0.717) is 16.4 Å². The minimum Gasteiger partial charge on any atom is -0.398 e. The minimum absolute atomic E-state index is 0.0504. The molecule has 0 unspecified atom stereocenters. The number of halogens is 1. The fraction of sp³-hybridized carbons (Fsp3) is 0.111. The van der Waals surface area contributed by atoms with Gasteiger partial charge in [0.15, 0.2) is 0 Å². The topological polar surface area (TPSA) is 90.9 Å². The quantitative estimate of drug-likeness (QED) is 0.445. The van der Waals surface area contributed by atoms with Gasteiger partial charge in [-0.1, -0.05) is 29.8 Å². The summed E-state index contributed by atoms with van der Waals surface area (Å²) in [4.78, 5) is 12.2. The molecule has 0 spiro atoms. The molecule has 0 atom stereocenters. The van der Waals surface area contributed by atoms with Gasteiger partial charge < -0.3 is 16.4 Å². The van der Waals surface area contributed by atoms with Crippen LogP contribution in [0.3, 0.4) is 0 Å². The summed E-state index contributed by atoms with van der Waals surface area (Å²) in [5.74, 6) is -0.530. The Balaban J connectivity index is 2.16. The van der Waals surface area contributed by atoms with E-state index in [4.69, 9.17) is 17.3 Å². The highest BCUT2D eigenvalue weighted by Crippen LogP contribution is 2.23. The summed E-state index contributed by atoms with van der Waals surface area (Å²) in [6, 6.07) is 12.5. The summed E-state index contributed by atoms with van der Waals surface area (Å²) in [5, 5.41) is 15.2. The lowest BCUT2D eigenvalue weighted by Gasteiger charge is -2.10. The van der Waals surface area contributed by atoms with Crippen LogP contribution in [0, 0.1) is 25.2 Å². The standard InChI is InChI=1S/C18H17ClN4O/c1-11-4-3-5-12(2)17(11)22-10-13(9-20)18(24)23-14-6-7-16(21)15(19)8-14/h3-8,10,22H,21H2,1-2H3,(H,23,24)/b13-10-. The van der Waals surface area contributed by atoms with Crippen LogP contribution < -0.4 is 16.4 Å². The zero-order chi connectivity index (χ0) is 17.7. The van der Waals surface area contributed by atoms with Crippen molar-refractivity contribution in [2.75, 3.05) is 16.4 Å². The molecule has 0 aromatic heterocycles. The van der Waals surface area contributed by atoms with Gasteiger partial charge in [0.2, 0.25) is 0 Å². The first-order chi connectivity index (χ1) is 11.4. The number of benzene rings is 2. The molecule has 1 amide bonds. The molecule has 0 fully saturated rings. The fourth-order valence-electron chi connectivity index (χ4n) is 2.14. The Morgan fingerprint density at radius 3 is 2.50 bits per heavy atom. The van der Waals surface area contributed by atoms with Crippen LogP contribution in [0.1, 0.15) is 11.1 Å². The molecule has 0 radical (unpaired) electrons. The molecule has 2 aromatic rings. The third-order valence-corrected chi connectivity index (χ3v) is 3.79. The number of nitrogens with one attached hydrogen (secondary N) is 2. The lowest BCUT2D eigenvalue weighted by Crippen LogP contribution is -2.14. The number of anilines is 3. The van der Waals surface area contributed by atoms with Crippen LogP contribution in [-0.4, -0.2) is 5.91 Å². The van der Waals surface area contributed by atoms with Crippen molar-refractivity contribution in [3.05, 3.63) is 64.3 Å². The number of nitriles is 1. The van der Waals surface area contributed by atoms with Crippen molar-refractivity contribution >= 4 is 34.6 Å². The van der Waals surface area contributed by atoms with Crippen LogP contribution in [0.25, 0.3) is 0 Å². The Hall–Kier alpha value is -2.97. The molecule has 0 aliphatic rings. The molecule has 0 bridgehead atoms. The van der Waals surface area contributed by atoms with Crippen molar-refractivity contribution in [2.24, 2.45) is 0 Å². The van der Waals surface area contributed by atoms with E-state index in [1.807, 2.05) is 38.1 Å². The van der Waals surface area contributed by atoms with Crippen molar-refractivity contribution in [3.8, 4) is 6.07 Å². The number of nitrogen functional groups attached to an aromatic ring is 1. The van der Waals surface area contributed by atoms with E-state index in [1.165, 1.54) is 12.3 Å². The maximum atomic E-state index is 12.2. The predicted molar refractivity (Wildman–Crippen MR) is 97.7 cm³/mol. The smallest absolute Gasteiger partial charge is 0.267 e. The van der Waals surface area contributed by atoms with Gasteiger partial charge >= 0.3 is 0 Å². The number of nitrogens with two attached hydrogens (primary N) is 1. The zero-order valence-corrected chi connectivity index (χ0v) is 14.1. The first kappa shape index (κ1) is 17.4. The third kappa shape index (κ3) is 4.06. The molecule has 24 heavy (non-hydrogen) atoms. The number of para-hydroxylation sites is 1. The lowest BCUT2D eigenvalue weighted by molar-refractivity contribution is -0.112. The Morgan fingerprint density at radius 1 is 1.25 bits per heavy atom. The Bertz CT molecular complexity index is 832. The average molecular weight is 341 g/mol. The number of nitrogens with zero attached hydrogens (tertiary/aromatic N) is 1. The molecular formula is C18H17ClN4O. The number of amides is 1. The SMILES string of the molecule is Cc1cccc(C)c1N/C=C(/C#N)C(=O)Nc1ccc(N)c(Cl)c1. The Labute approximate surface area is 145 Å². The minimum atomic E-state index is -0.530. The number of carbonyl (C=O) groups is 1. The first-order valence-electron chi connectivity index (χ1n) is 7.21. The van der Waals surface area contributed by atoms with Crippen LogP contribution in [0.4, 0.5) is 17.1 Å².